The molecule has 0 bridgehead atoms. The van der Waals surface area contributed by atoms with Gasteiger partial charge in [0, 0.05) is 23.2 Å². The topological polar surface area (TPSA) is 79.5 Å². The summed E-state index contributed by atoms with van der Waals surface area (Å²) >= 11 is 0. The molecule has 1 N–H and O–H groups in total. The van der Waals surface area contributed by atoms with Gasteiger partial charge >= 0.3 is 5.97 Å². The second kappa shape index (κ2) is 9.20. The van der Waals surface area contributed by atoms with Crippen molar-refractivity contribution in [2.75, 3.05) is 13.2 Å². The molecule has 6 heteroatoms. The first-order chi connectivity index (χ1) is 12.8. The predicted octanol–water partition coefficient (Wildman–Crippen LogP) is 3.81. The van der Waals surface area contributed by atoms with Crippen molar-refractivity contribution in [2.45, 2.75) is 72.8 Å². The van der Waals surface area contributed by atoms with Crippen molar-refractivity contribution in [3.05, 3.63) is 22.5 Å². The molecule has 1 aromatic heterocycles. The van der Waals surface area contributed by atoms with Gasteiger partial charge in [0.15, 0.2) is 5.78 Å². The molecule has 1 fully saturated rings. The van der Waals surface area contributed by atoms with Crippen LogP contribution in [0.3, 0.4) is 0 Å². The van der Waals surface area contributed by atoms with E-state index in [0.717, 1.165) is 25.7 Å². The van der Waals surface area contributed by atoms with E-state index in [1.54, 1.807) is 25.7 Å². The first-order valence-electron chi connectivity index (χ1n) is 9.97. The average molecular weight is 376 g/mol. The number of aromatic nitrogens is 1. The quantitative estimate of drug-likeness (QED) is 0.580. The fourth-order valence-corrected chi connectivity index (χ4v) is 3.92. The highest BCUT2D eigenvalue weighted by atomic mass is 16.5. The smallest absolute Gasteiger partial charge is 0.355 e. The van der Waals surface area contributed by atoms with Gasteiger partial charge in [-0.3, -0.25) is 9.59 Å². The summed E-state index contributed by atoms with van der Waals surface area (Å²) in [5, 5.41) is 0. The monoisotopic (exact) mass is 376 g/mol. The van der Waals surface area contributed by atoms with Crippen molar-refractivity contribution in [3.8, 4) is 0 Å². The Morgan fingerprint density at radius 2 is 1.78 bits per heavy atom. The number of esters is 1. The number of H-pyrrole nitrogens is 1. The Morgan fingerprint density at radius 3 is 2.33 bits per heavy atom. The molecule has 1 saturated carbocycles. The predicted molar refractivity (Wildman–Crippen MR) is 104 cm³/mol. The fraction of sp³-hybridized carbons (Fsp3) is 0.667. The third-order valence-corrected chi connectivity index (χ3v) is 5.30. The van der Waals surface area contributed by atoms with Gasteiger partial charge in [-0.15, -0.1) is 0 Å². The third-order valence-electron chi connectivity index (χ3n) is 5.30. The van der Waals surface area contributed by atoms with Crippen LogP contribution in [-0.2, 0) is 9.53 Å². The number of carbonyl (C=O) groups excluding carboxylic acids is 3. The molecule has 150 valence electrons. The minimum Gasteiger partial charge on any atom is -0.461 e. The Balaban J connectivity index is 2.26. The molecular weight excluding hydrogens is 344 g/mol. The normalized spacial score (nSPS) is 15.0. The Bertz CT molecular complexity index is 699. The first-order valence-corrected chi connectivity index (χ1v) is 9.97. The zero-order chi connectivity index (χ0) is 20.1. The van der Waals surface area contributed by atoms with Crippen molar-refractivity contribution in [3.63, 3.8) is 0 Å². The molecule has 0 saturated heterocycles. The lowest BCUT2D eigenvalue weighted by Crippen LogP contribution is -2.46. The molecule has 6 nitrogen and oxygen atoms in total. The van der Waals surface area contributed by atoms with Crippen LogP contribution >= 0.6 is 0 Å². The van der Waals surface area contributed by atoms with Gasteiger partial charge in [-0.2, -0.15) is 0 Å². The van der Waals surface area contributed by atoms with Crippen LogP contribution in [0.4, 0.5) is 0 Å². The van der Waals surface area contributed by atoms with Gasteiger partial charge in [-0.1, -0.05) is 33.1 Å². The standard InChI is InChI=1S/C21H32N2O4/c1-6-27-21(26)19-14(4)18(15(5)22-19)17(24)12-23(20(25)13(2)3)16-10-8-7-9-11-16/h13,16,22H,6-12H2,1-5H3. The highest BCUT2D eigenvalue weighted by molar-refractivity contribution is 6.04. The van der Waals surface area contributed by atoms with Crippen molar-refractivity contribution >= 4 is 17.7 Å². The van der Waals surface area contributed by atoms with Crippen LogP contribution in [0.15, 0.2) is 0 Å². The van der Waals surface area contributed by atoms with Gasteiger partial charge in [0.25, 0.3) is 0 Å². The number of aryl methyl sites for hydroxylation is 1. The zero-order valence-corrected chi connectivity index (χ0v) is 17.2. The van der Waals surface area contributed by atoms with Gasteiger partial charge in [-0.05, 0) is 39.2 Å². The maximum atomic E-state index is 13.1. The van der Waals surface area contributed by atoms with E-state index in [1.807, 2.05) is 13.8 Å². The first kappa shape index (κ1) is 21.2. The number of nitrogens with zero attached hydrogens (tertiary/aromatic N) is 1. The lowest BCUT2D eigenvalue weighted by atomic mass is 9.92. The van der Waals surface area contributed by atoms with E-state index in [4.69, 9.17) is 4.74 Å². The number of carbonyl (C=O) groups is 3. The average Bonchev–Trinajstić information content (AvgIpc) is 2.94. The number of Topliss-reactive ketones (excluding diaryl/α,β-unsaturated/α-hetero) is 1. The Morgan fingerprint density at radius 1 is 1.15 bits per heavy atom. The summed E-state index contributed by atoms with van der Waals surface area (Å²) in [4.78, 5) is 42.7. The number of amides is 1. The fourth-order valence-electron chi connectivity index (χ4n) is 3.92. The summed E-state index contributed by atoms with van der Waals surface area (Å²) in [6.07, 6.45) is 5.27. The lowest BCUT2D eigenvalue weighted by molar-refractivity contribution is -0.136. The largest absolute Gasteiger partial charge is 0.461 e. The number of ketones is 1. The van der Waals surface area contributed by atoms with Gasteiger partial charge in [-0.25, -0.2) is 4.79 Å². The molecule has 2 rings (SSSR count). The number of rotatable bonds is 7. The maximum Gasteiger partial charge on any atom is 0.355 e. The van der Waals surface area contributed by atoms with E-state index in [9.17, 15) is 14.4 Å². The maximum absolute atomic E-state index is 13.1. The number of hydrogen-bond acceptors (Lipinski definition) is 4. The minimum absolute atomic E-state index is 0.0201. The molecule has 1 heterocycles. The Kier molecular flexibility index (Phi) is 7.22. The molecule has 0 atom stereocenters. The molecule has 0 aromatic carbocycles. The van der Waals surface area contributed by atoms with E-state index in [0.29, 0.717) is 22.5 Å². The highest BCUT2D eigenvalue weighted by Crippen LogP contribution is 2.26. The molecule has 1 aromatic rings. The summed E-state index contributed by atoms with van der Waals surface area (Å²) in [7, 11) is 0. The second-order valence-corrected chi connectivity index (χ2v) is 7.68. The van der Waals surface area contributed by atoms with E-state index in [1.165, 1.54) is 6.42 Å². The summed E-state index contributed by atoms with van der Waals surface area (Å²) in [6.45, 7) is 9.34. The van der Waals surface area contributed by atoms with E-state index < -0.39 is 5.97 Å². The van der Waals surface area contributed by atoms with Crippen LogP contribution in [0.25, 0.3) is 0 Å². The summed E-state index contributed by atoms with van der Waals surface area (Å²) < 4.78 is 5.06. The van der Waals surface area contributed by atoms with Crippen LogP contribution in [-0.4, -0.2) is 46.7 Å². The van der Waals surface area contributed by atoms with Crippen LogP contribution in [0.2, 0.25) is 0 Å². The van der Waals surface area contributed by atoms with E-state index in [-0.39, 0.29) is 36.8 Å². The molecule has 1 aliphatic carbocycles. The SMILES string of the molecule is CCOC(=O)c1[nH]c(C)c(C(=O)CN(C(=O)C(C)C)C2CCCCC2)c1C. The van der Waals surface area contributed by atoms with Crippen LogP contribution in [0.1, 0.15) is 85.0 Å². The molecular formula is C21H32N2O4. The second-order valence-electron chi connectivity index (χ2n) is 7.68. The molecule has 0 radical (unpaired) electrons. The van der Waals surface area contributed by atoms with Crippen LogP contribution in [0.5, 0.6) is 0 Å². The van der Waals surface area contributed by atoms with Gasteiger partial charge < -0.3 is 14.6 Å². The summed E-state index contributed by atoms with van der Waals surface area (Å²) in [5.74, 6) is -0.717. The molecule has 1 amide bonds. The number of hydrogen-bond donors (Lipinski definition) is 1. The van der Waals surface area contributed by atoms with Gasteiger partial charge in [0.1, 0.15) is 5.69 Å². The lowest BCUT2D eigenvalue weighted by Gasteiger charge is -2.35. The number of nitrogens with one attached hydrogen (secondary N) is 1. The molecule has 0 aliphatic heterocycles. The van der Waals surface area contributed by atoms with Crippen molar-refractivity contribution < 1.29 is 19.1 Å². The van der Waals surface area contributed by atoms with E-state index in [2.05, 4.69) is 4.98 Å². The van der Waals surface area contributed by atoms with Gasteiger partial charge in [0.2, 0.25) is 5.91 Å². The molecule has 0 unspecified atom stereocenters. The number of aromatic amines is 1. The van der Waals surface area contributed by atoms with Crippen molar-refractivity contribution in [1.29, 1.82) is 0 Å². The highest BCUT2D eigenvalue weighted by Gasteiger charge is 2.31. The van der Waals surface area contributed by atoms with Crippen LogP contribution in [0, 0.1) is 19.8 Å². The van der Waals surface area contributed by atoms with E-state index >= 15 is 0 Å². The minimum atomic E-state index is -0.459. The summed E-state index contributed by atoms with van der Waals surface area (Å²) in [5.41, 5.74) is 2.05. The zero-order valence-electron chi connectivity index (χ0n) is 17.2. The van der Waals surface area contributed by atoms with Crippen LogP contribution < -0.4 is 0 Å². The van der Waals surface area contributed by atoms with Crippen molar-refractivity contribution in [2.24, 2.45) is 5.92 Å². The summed E-state index contributed by atoms with van der Waals surface area (Å²) in [6, 6.07) is 0.127. The number of ether oxygens (including phenoxy) is 1. The Labute approximate surface area is 161 Å². The third kappa shape index (κ3) is 4.79. The molecule has 0 spiro atoms. The Hall–Kier alpha value is -2.11. The van der Waals surface area contributed by atoms with Gasteiger partial charge in [0.05, 0.1) is 13.2 Å². The molecule has 27 heavy (non-hydrogen) atoms. The van der Waals surface area contributed by atoms with Crippen molar-refractivity contribution in [1.82, 2.24) is 9.88 Å². The molecule has 1 aliphatic rings.